The Bertz CT molecular complexity index is 751. The van der Waals surface area contributed by atoms with E-state index in [4.69, 9.17) is 18.5 Å². The van der Waals surface area contributed by atoms with E-state index >= 15 is 0 Å². The molecule has 0 aliphatic carbocycles. The lowest BCUT2D eigenvalue weighted by Crippen LogP contribution is -2.35. The molecule has 26 heavy (non-hydrogen) atoms. The van der Waals surface area contributed by atoms with Gasteiger partial charge in [0.05, 0.1) is 11.7 Å². The third kappa shape index (κ3) is 3.87. The van der Waals surface area contributed by atoms with E-state index in [2.05, 4.69) is 0 Å². The Morgan fingerprint density at radius 2 is 1.77 bits per heavy atom. The van der Waals surface area contributed by atoms with E-state index in [1.165, 1.54) is 31.2 Å². The molecule has 0 bridgehead atoms. The van der Waals surface area contributed by atoms with Crippen molar-refractivity contribution in [2.45, 2.75) is 44.7 Å². The Balaban J connectivity index is 2.37. The van der Waals surface area contributed by atoms with Crippen LogP contribution in [0.5, 0.6) is 5.75 Å². The predicted molar refractivity (Wildman–Crippen MR) is 88.5 cm³/mol. The molecule has 1 fully saturated rings. The number of carbonyl (C=O) groups excluding carboxylic acids is 1. The summed E-state index contributed by atoms with van der Waals surface area (Å²) >= 11 is 0. The largest absolute Gasteiger partial charge is 0.514 e. The van der Waals surface area contributed by atoms with Crippen LogP contribution in [0.25, 0.3) is 0 Å². The van der Waals surface area contributed by atoms with Crippen LogP contribution in [-0.2, 0) is 22.9 Å². The number of hydrogen-bond acceptors (Lipinski definition) is 8. The van der Waals surface area contributed by atoms with Crippen molar-refractivity contribution in [1.29, 1.82) is 0 Å². The highest BCUT2D eigenvalue weighted by atomic mass is 31.2. The first-order chi connectivity index (χ1) is 11.9. The highest BCUT2D eigenvalue weighted by Gasteiger charge is 2.66. The Morgan fingerprint density at radius 1 is 1.23 bits per heavy atom. The van der Waals surface area contributed by atoms with Crippen LogP contribution < -0.4 is 4.74 Å². The number of ether oxygens (including phenoxy) is 2. The summed E-state index contributed by atoms with van der Waals surface area (Å²) in [5.41, 5.74) is -0.102. The molecule has 0 aromatic heterocycles. The SMILES string of the molecule is CCC1(O)P(=O)(O)OC(c2ccccc2OC(=O)OC(C)C)OP1(=O)O. The third-order valence-electron chi connectivity index (χ3n) is 3.55. The molecular formula is C14H20O10P2. The lowest BCUT2D eigenvalue weighted by molar-refractivity contribution is -0.0595. The maximum Gasteiger partial charge on any atom is 0.514 e. The Hall–Kier alpha value is -1.25. The summed E-state index contributed by atoms with van der Waals surface area (Å²) in [6, 6.07) is 5.57. The fourth-order valence-electron chi connectivity index (χ4n) is 2.19. The van der Waals surface area contributed by atoms with Crippen molar-refractivity contribution >= 4 is 21.3 Å². The summed E-state index contributed by atoms with van der Waals surface area (Å²) < 4.78 is 44.3. The predicted octanol–water partition coefficient (Wildman–Crippen LogP) is 3.08. The van der Waals surface area contributed by atoms with Crippen molar-refractivity contribution < 1.29 is 47.3 Å². The van der Waals surface area contributed by atoms with Crippen molar-refractivity contribution in [2.75, 3.05) is 0 Å². The molecule has 3 N–H and O–H groups in total. The minimum Gasteiger partial charge on any atom is -0.431 e. The van der Waals surface area contributed by atoms with Crippen molar-refractivity contribution in [2.24, 2.45) is 0 Å². The molecule has 1 heterocycles. The smallest absolute Gasteiger partial charge is 0.431 e. The summed E-state index contributed by atoms with van der Waals surface area (Å²) in [5, 5.41) is 7.18. The average Bonchev–Trinajstić information content (AvgIpc) is 2.51. The van der Waals surface area contributed by atoms with E-state index < -0.39 is 45.2 Å². The van der Waals surface area contributed by atoms with Gasteiger partial charge in [-0.3, -0.25) is 18.2 Å². The van der Waals surface area contributed by atoms with Gasteiger partial charge < -0.3 is 24.4 Å². The number of para-hydroxylation sites is 1. The van der Waals surface area contributed by atoms with E-state index in [-0.39, 0.29) is 11.3 Å². The second-order valence-corrected chi connectivity index (χ2v) is 10.1. The summed E-state index contributed by atoms with van der Waals surface area (Å²) in [6.07, 6.45) is -3.88. The maximum atomic E-state index is 12.3. The fraction of sp³-hybridized carbons (Fsp3) is 0.500. The highest BCUT2D eigenvalue weighted by Crippen LogP contribution is 2.79. The lowest BCUT2D eigenvalue weighted by Gasteiger charge is -2.40. The molecule has 1 saturated heterocycles. The van der Waals surface area contributed by atoms with Gasteiger partial charge in [0, 0.05) is 0 Å². The molecule has 2 atom stereocenters. The molecule has 146 valence electrons. The van der Waals surface area contributed by atoms with E-state index in [0.717, 1.165) is 0 Å². The van der Waals surface area contributed by atoms with E-state index in [1.807, 2.05) is 0 Å². The first-order valence-corrected chi connectivity index (χ1v) is 10.8. The number of aliphatic hydroxyl groups is 1. The second kappa shape index (κ2) is 7.40. The molecule has 1 aliphatic heterocycles. The highest BCUT2D eigenvalue weighted by molar-refractivity contribution is 7.73. The molecule has 0 spiro atoms. The van der Waals surface area contributed by atoms with Gasteiger partial charge in [0.15, 0.2) is 0 Å². The summed E-state index contributed by atoms with van der Waals surface area (Å²) in [7, 11) is -9.97. The minimum atomic E-state index is -4.98. The minimum absolute atomic E-state index is 0.102. The van der Waals surface area contributed by atoms with Crippen LogP contribution in [0.2, 0.25) is 0 Å². The van der Waals surface area contributed by atoms with Crippen LogP contribution in [0.15, 0.2) is 24.3 Å². The average molecular weight is 410 g/mol. The van der Waals surface area contributed by atoms with E-state index in [9.17, 15) is 28.8 Å². The fourth-order valence-corrected chi connectivity index (χ4v) is 5.79. The van der Waals surface area contributed by atoms with Crippen LogP contribution in [0, 0.1) is 0 Å². The quantitative estimate of drug-likeness (QED) is 0.384. The molecule has 12 heteroatoms. The van der Waals surface area contributed by atoms with E-state index in [0.29, 0.717) is 0 Å². The van der Waals surface area contributed by atoms with Gasteiger partial charge in [-0.25, -0.2) is 4.79 Å². The molecule has 2 unspecified atom stereocenters. The van der Waals surface area contributed by atoms with Crippen molar-refractivity contribution in [3.63, 3.8) is 0 Å². The zero-order chi connectivity index (χ0) is 19.8. The zero-order valence-corrected chi connectivity index (χ0v) is 16.1. The monoisotopic (exact) mass is 410 g/mol. The standard InChI is InChI=1S/C14H20O10P2/c1-4-14(16)25(17,18)23-12(24-26(14,19)20)10-7-5-6-8-11(10)22-13(15)21-9(2)3/h5-9,12,16H,4H2,1-3H3,(H,17,18)(H,19,20). The Kier molecular flexibility index (Phi) is 5.99. The van der Waals surface area contributed by atoms with Crippen LogP contribution in [0.3, 0.4) is 0 Å². The molecule has 1 aromatic carbocycles. The maximum absolute atomic E-state index is 12.3. The first-order valence-electron chi connectivity index (χ1n) is 7.66. The van der Waals surface area contributed by atoms with Gasteiger partial charge in [0.1, 0.15) is 5.75 Å². The Labute approximate surface area is 149 Å². The molecular weight excluding hydrogens is 390 g/mol. The number of benzene rings is 1. The van der Waals surface area contributed by atoms with Crippen LogP contribution in [-0.4, -0.2) is 32.2 Å². The molecule has 10 nitrogen and oxygen atoms in total. The van der Waals surface area contributed by atoms with Gasteiger partial charge in [0.25, 0.3) is 5.08 Å². The third-order valence-corrected chi connectivity index (χ3v) is 8.47. The number of hydrogen-bond donors (Lipinski definition) is 3. The lowest BCUT2D eigenvalue weighted by atomic mass is 10.2. The zero-order valence-electron chi connectivity index (χ0n) is 14.3. The van der Waals surface area contributed by atoms with Crippen LogP contribution in [0.4, 0.5) is 4.79 Å². The van der Waals surface area contributed by atoms with Gasteiger partial charge in [-0.05, 0) is 26.3 Å². The topological polar surface area (TPSA) is 149 Å². The first kappa shape index (κ1) is 21.1. The van der Waals surface area contributed by atoms with Gasteiger partial charge >= 0.3 is 21.3 Å². The number of rotatable bonds is 4. The van der Waals surface area contributed by atoms with Gasteiger partial charge in [-0.2, -0.15) is 0 Å². The normalized spacial score (nSPS) is 34.5. The van der Waals surface area contributed by atoms with Crippen molar-refractivity contribution in [3.8, 4) is 5.75 Å². The molecule has 0 amide bonds. The van der Waals surface area contributed by atoms with Crippen LogP contribution in [0.1, 0.15) is 39.0 Å². The Morgan fingerprint density at radius 3 is 2.27 bits per heavy atom. The second-order valence-electron chi connectivity index (χ2n) is 5.77. The molecule has 0 radical (unpaired) electrons. The number of carbonyl (C=O) groups is 1. The molecule has 1 aromatic rings. The van der Waals surface area contributed by atoms with Gasteiger partial charge in [-0.15, -0.1) is 0 Å². The van der Waals surface area contributed by atoms with E-state index in [1.54, 1.807) is 13.8 Å². The molecule has 1 aliphatic rings. The molecule has 0 saturated carbocycles. The van der Waals surface area contributed by atoms with Crippen molar-refractivity contribution in [3.05, 3.63) is 29.8 Å². The van der Waals surface area contributed by atoms with Crippen LogP contribution >= 0.6 is 15.2 Å². The van der Waals surface area contributed by atoms with Gasteiger partial charge in [0.2, 0.25) is 6.29 Å². The molecule has 2 rings (SSSR count). The summed E-state index contributed by atoms with van der Waals surface area (Å²) in [4.78, 5) is 31.7. The van der Waals surface area contributed by atoms with Crippen molar-refractivity contribution in [1.82, 2.24) is 0 Å². The van der Waals surface area contributed by atoms with Gasteiger partial charge in [-0.1, -0.05) is 25.1 Å². The summed E-state index contributed by atoms with van der Waals surface area (Å²) in [6.45, 7) is 4.45. The summed E-state index contributed by atoms with van der Waals surface area (Å²) in [5.74, 6) is -0.162.